The van der Waals surface area contributed by atoms with Crippen molar-refractivity contribution in [2.45, 2.75) is 20.0 Å². The van der Waals surface area contributed by atoms with E-state index >= 15 is 0 Å². The number of anilines is 2. The minimum atomic E-state index is -0.142. The van der Waals surface area contributed by atoms with E-state index in [-0.39, 0.29) is 5.91 Å². The van der Waals surface area contributed by atoms with Crippen LogP contribution in [0.25, 0.3) is 6.08 Å². The van der Waals surface area contributed by atoms with Crippen LogP contribution < -0.4 is 19.3 Å². The van der Waals surface area contributed by atoms with E-state index in [0.29, 0.717) is 40.4 Å². The molecule has 1 aliphatic heterocycles. The Kier molecular flexibility index (Phi) is 9.31. The Hall–Kier alpha value is -3.07. The van der Waals surface area contributed by atoms with Crippen LogP contribution >= 0.6 is 39.9 Å². The molecule has 0 unspecified atom stereocenters. The maximum Gasteiger partial charge on any atom is 0.270 e. The van der Waals surface area contributed by atoms with Gasteiger partial charge >= 0.3 is 0 Å². The summed E-state index contributed by atoms with van der Waals surface area (Å²) in [5, 5.41) is 0. The van der Waals surface area contributed by atoms with Crippen molar-refractivity contribution in [2.75, 3.05) is 30.5 Å². The van der Waals surface area contributed by atoms with Crippen molar-refractivity contribution in [3.8, 4) is 11.5 Å². The van der Waals surface area contributed by atoms with Crippen LogP contribution in [-0.2, 0) is 17.8 Å². The molecule has 1 heterocycles. The number of carbonyl (C=O) groups excluding carboxylic acids is 1. The SMILES string of the molecule is C=CCc1cc(/C=C2\SC(=S)N(c3ccc(N(C)C)cc3)C2=O)cc(OCC)c1OCc1ccc(Br)cc1. The van der Waals surface area contributed by atoms with Crippen molar-refractivity contribution in [2.24, 2.45) is 0 Å². The predicted molar refractivity (Wildman–Crippen MR) is 166 cm³/mol. The van der Waals surface area contributed by atoms with Gasteiger partial charge < -0.3 is 14.4 Å². The van der Waals surface area contributed by atoms with Gasteiger partial charge in [0.15, 0.2) is 15.8 Å². The Balaban J connectivity index is 1.63. The molecule has 1 amide bonds. The van der Waals surface area contributed by atoms with Gasteiger partial charge in [-0.3, -0.25) is 9.69 Å². The van der Waals surface area contributed by atoms with Crippen LogP contribution in [0.1, 0.15) is 23.6 Å². The number of hydrogen-bond donors (Lipinski definition) is 0. The lowest BCUT2D eigenvalue weighted by atomic mass is 10.0. The number of ether oxygens (including phenoxy) is 2. The van der Waals surface area contributed by atoms with Crippen molar-refractivity contribution in [3.05, 3.63) is 99.4 Å². The van der Waals surface area contributed by atoms with Gasteiger partial charge in [-0.05, 0) is 79.1 Å². The van der Waals surface area contributed by atoms with Crippen LogP contribution in [0, 0.1) is 0 Å². The molecule has 8 heteroatoms. The van der Waals surface area contributed by atoms with Gasteiger partial charge in [0.2, 0.25) is 0 Å². The summed E-state index contributed by atoms with van der Waals surface area (Å²) in [7, 11) is 3.96. The van der Waals surface area contributed by atoms with E-state index in [9.17, 15) is 4.79 Å². The third-order valence-electron chi connectivity index (χ3n) is 5.83. The number of amides is 1. The molecule has 0 atom stereocenters. The molecule has 0 aromatic heterocycles. The summed E-state index contributed by atoms with van der Waals surface area (Å²) >= 11 is 10.3. The summed E-state index contributed by atoms with van der Waals surface area (Å²) in [4.78, 5) is 17.5. The maximum atomic E-state index is 13.4. The monoisotopic (exact) mass is 608 g/mol. The number of thiocarbonyl (C=S) groups is 1. The number of rotatable bonds is 10. The Bertz CT molecular complexity index is 1370. The van der Waals surface area contributed by atoms with E-state index in [1.165, 1.54) is 11.8 Å². The summed E-state index contributed by atoms with van der Waals surface area (Å²) in [6.45, 7) is 6.74. The van der Waals surface area contributed by atoms with Gasteiger partial charge in [-0.1, -0.05) is 58.1 Å². The largest absolute Gasteiger partial charge is 0.490 e. The Labute approximate surface area is 242 Å². The zero-order valence-electron chi connectivity index (χ0n) is 21.6. The van der Waals surface area contributed by atoms with E-state index in [4.69, 9.17) is 21.7 Å². The van der Waals surface area contributed by atoms with E-state index in [0.717, 1.165) is 32.5 Å². The molecule has 1 fully saturated rings. The number of halogens is 1. The van der Waals surface area contributed by atoms with Crippen molar-refractivity contribution >= 4 is 67.6 Å². The van der Waals surface area contributed by atoms with Gasteiger partial charge in [-0.15, -0.1) is 6.58 Å². The van der Waals surface area contributed by atoms with Gasteiger partial charge in [0, 0.05) is 29.8 Å². The standard InChI is InChI=1S/C30H29BrN2O3S2/c1-5-7-22-16-21(17-26(35-6-2)28(22)36-19-20-8-10-23(31)11-9-20)18-27-29(34)33(30(37)38-27)25-14-12-24(13-15-25)32(3)4/h5,8-18H,1,6-7,19H2,2-4H3/b27-18-. The smallest absolute Gasteiger partial charge is 0.270 e. The highest BCUT2D eigenvalue weighted by atomic mass is 79.9. The fourth-order valence-electron chi connectivity index (χ4n) is 3.98. The molecule has 38 heavy (non-hydrogen) atoms. The van der Waals surface area contributed by atoms with Crippen LogP contribution in [0.15, 0.2) is 82.7 Å². The van der Waals surface area contributed by atoms with Crippen LogP contribution in [0.3, 0.4) is 0 Å². The van der Waals surface area contributed by atoms with Crippen LogP contribution in [0.5, 0.6) is 11.5 Å². The number of thioether (sulfide) groups is 1. The van der Waals surface area contributed by atoms with Crippen molar-refractivity contribution < 1.29 is 14.3 Å². The highest BCUT2D eigenvalue weighted by molar-refractivity contribution is 9.10. The van der Waals surface area contributed by atoms with E-state index in [2.05, 4.69) is 22.5 Å². The lowest BCUT2D eigenvalue weighted by Crippen LogP contribution is -2.27. The summed E-state index contributed by atoms with van der Waals surface area (Å²) in [6, 6.07) is 19.7. The molecule has 0 bridgehead atoms. The van der Waals surface area contributed by atoms with Gasteiger partial charge in [-0.2, -0.15) is 0 Å². The molecular weight excluding hydrogens is 580 g/mol. The van der Waals surface area contributed by atoms with Crippen LogP contribution in [0.4, 0.5) is 11.4 Å². The number of carbonyl (C=O) groups is 1. The normalized spacial score (nSPS) is 14.2. The number of hydrogen-bond acceptors (Lipinski definition) is 6. The number of nitrogens with zero attached hydrogens (tertiary/aromatic N) is 2. The maximum absolute atomic E-state index is 13.4. The first-order valence-electron chi connectivity index (χ1n) is 12.1. The van der Waals surface area contributed by atoms with E-state index in [1.54, 1.807) is 4.90 Å². The molecule has 0 aliphatic carbocycles. The second kappa shape index (κ2) is 12.7. The highest BCUT2D eigenvalue weighted by Crippen LogP contribution is 2.39. The number of allylic oxidation sites excluding steroid dienone is 1. The predicted octanol–water partition coefficient (Wildman–Crippen LogP) is 7.63. The van der Waals surface area contributed by atoms with Crippen LogP contribution in [-0.4, -0.2) is 30.9 Å². The third kappa shape index (κ3) is 6.49. The highest BCUT2D eigenvalue weighted by Gasteiger charge is 2.33. The summed E-state index contributed by atoms with van der Waals surface area (Å²) < 4.78 is 13.7. The Morgan fingerprint density at radius 2 is 1.79 bits per heavy atom. The zero-order valence-corrected chi connectivity index (χ0v) is 24.8. The lowest BCUT2D eigenvalue weighted by Gasteiger charge is -2.17. The lowest BCUT2D eigenvalue weighted by molar-refractivity contribution is -0.113. The molecule has 0 radical (unpaired) electrons. The third-order valence-corrected chi connectivity index (χ3v) is 7.66. The summed E-state index contributed by atoms with van der Waals surface area (Å²) in [6.07, 6.45) is 4.29. The molecule has 0 N–H and O–H groups in total. The molecular formula is C30H29BrN2O3S2. The fraction of sp³-hybridized carbons (Fsp3) is 0.200. The van der Waals surface area contributed by atoms with Crippen LogP contribution in [0.2, 0.25) is 0 Å². The van der Waals surface area contributed by atoms with Gasteiger partial charge in [0.05, 0.1) is 17.2 Å². The minimum Gasteiger partial charge on any atom is -0.490 e. The van der Waals surface area contributed by atoms with Gasteiger partial charge in [0.1, 0.15) is 6.61 Å². The fourth-order valence-corrected chi connectivity index (χ4v) is 5.54. The molecule has 196 valence electrons. The van der Waals surface area contributed by atoms with Crippen molar-refractivity contribution in [1.29, 1.82) is 0 Å². The van der Waals surface area contributed by atoms with Crippen molar-refractivity contribution in [1.82, 2.24) is 0 Å². The first kappa shape index (κ1) is 28.0. The molecule has 3 aromatic carbocycles. The average Bonchev–Trinajstić information content (AvgIpc) is 3.17. The second-order valence-electron chi connectivity index (χ2n) is 8.78. The second-order valence-corrected chi connectivity index (χ2v) is 11.4. The Morgan fingerprint density at radius 3 is 2.42 bits per heavy atom. The first-order valence-corrected chi connectivity index (χ1v) is 14.2. The van der Waals surface area contributed by atoms with E-state index < -0.39 is 0 Å². The quantitative estimate of drug-likeness (QED) is 0.134. The summed E-state index contributed by atoms with van der Waals surface area (Å²) in [5.41, 5.74) is 4.62. The summed E-state index contributed by atoms with van der Waals surface area (Å²) in [5.74, 6) is 1.17. The van der Waals surface area contributed by atoms with Crippen molar-refractivity contribution in [3.63, 3.8) is 0 Å². The van der Waals surface area contributed by atoms with Gasteiger partial charge in [-0.25, -0.2) is 0 Å². The molecule has 5 nitrogen and oxygen atoms in total. The molecule has 1 aliphatic rings. The molecule has 3 aromatic rings. The minimum absolute atomic E-state index is 0.142. The Morgan fingerprint density at radius 1 is 1.08 bits per heavy atom. The van der Waals surface area contributed by atoms with E-state index in [1.807, 2.05) is 98.7 Å². The van der Waals surface area contributed by atoms with Gasteiger partial charge in [0.25, 0.3) is 5.91 Å². The molecule has 0 spiro atoms. The molecule has 4 rings (SSSR count). The first-order chi connectivity index (χ1) is 18.3. The topological polar surface area (TPSA) is 42.0 Å². The molecule has 0 saturated carbocycles. The number of benzene rings is 3. The zero-order chi connectivity index (χ0) is 27.2. The molecule has 1 saturated heterocycles. The average molecular weight is 610 g/mol.